The molecule has 7 heteroatoms. The molecule has 1 aliphatic rings. The van der Waals surface area contributed by atoms with E-state index in [0.717, 1.165) is 48.5 Å². The number of pyridine rings is 1. The van der Waals surface area contributed by atoms with Crippen LogP contribution >= 0.6 is 0 Å². The third-order valence-electron chi connectivity index (χ3n) is 5.34. The minimum Gasteiger partial charge on any atom is -0.497 e. The number of nitrogens with zero attached hydrogens (tertiary/aromatic N) is 3. The number of anilines is 2. The number of benzene rings is 1. The molecule has 0 spiro atoms. The molecule has 2 aromatic heterocycles. The summed E-state index contributed by atoms with van der Waals surface area (Å²) in [4.78, 5) is 19.9. The van der Waals surface area contributed by atoms with E-state index in [1.165, 1.54) is 0 Å². The van der Waals surface area contributed by atoms with Crippen molar-refractivity contribution in [3.05, 3.63) is 65.6 Å². The Morgan fingerprint density at radius 2 is 2.17 bits per heavy atom. The van der Waals surface area contributed by atoms with Gasteiger partial charge in [-0.15, -0.1) is 0 Å². The van der Waals surface area contributed by atoms with Crippen molar-refractivity contribution in [2.75, 3.05) is 19.0 Å². The highest BCUT2D eigenvalue weighted by atomic mass is 16.5. The first kappa shape index (κ1) is 19.0. The molecule has 0 aliphatic carbocycles. The van der Waals surface area contributed by atoms with Crippen LogP contribution in [-0.2, 0) is 0 Å². The molecule has 3 heterocycles. The monoisotopic (exact) mass is 391 g/mol. The van der Waals surface area contributed by atoms with Crippen molar-refractivity contribution in [1.82, 2.24) is 20.1 Å². The van der Waals surface area contributed by atoms with Crippen molar-refractivity contribution in [3.8, 4) is 5.75 Å². The fourth-order valence-electron chi connectivity index (χ4n) is 3.84. The van der Waals surface area contributed by atoms with E-state index in [0.29, 0.717) is 11.4 Å². The second-order valence-electron chi connectivity index (χ2n) is 7.23. The molecule has 1 fully saturated rings. The molecule has 0 saturated carbocycles. The first-order valence-electron chi connectivity index (χ1n) is 9.84. The molecule has 1 aromatic carbocycles. The van der Waals surface area contributed by atoms with Crippen LogP contribution in [0.25, 0.3) is 0 Å². The van der Waals surface area contributed by atoms with Crippen LogP contribution in [0.5, 0.6) is 5.75 Å². The summed E-state index contributed by atoms with van der Waals surface area (Å²) in [5.74, 6) is 1.25. The minimum absolute atomic E-state index is 0.00336. The van der Waals surface area contributed by atoms with E-state index in [1.54, 1.807) is 19.4 Å². The van der Waals surface area contributed by atoms with E-state index in [9.17, 15) is 4.79 Å². The fourth-order valence-corrected chi connectivity index (χ4v) is 3.84. The lowest BCUT2D eigenvalue weighted by Gasteiger charge is -2.35. The van der Waals surface area contributed by atoms with Gasteiger partial charge in [0, 0.05) is 24.5 Å². The first-order chi connectivity index (χ1) is 14.2. The average Bonchev–Trinajstić information content (AvgIpc) is 3.19. The van der Waals surface area contributed by atoms with E-state index in [-0.39, 0.29) is 11.9 Å². The van der Waals surface area contributed by atoms with Gasteiger partial charge in [0.15, 0.2) is 0 Å². The number of carbonyl (C=O) groups is 1. The Morgan fingerprint density at radius 3 is 2.97 bits per heavy atom. The van der Waals surface area contributed by atoms with Gasteiger partial charge >= 0.3 is 0 Å². The minimum atomic E-state index is -0.0257. The van der Waals surface area contributed by atoms with Gasteiger partial charge in [0.05, 0.1) is 30.6 Å². The lowest BCUT2D eigenvalue weighted by Crippen LogP contribution is -2.39. The number of aryl methyl sites for hydroxylation is 1. The summed E-state index contributed by atoms with van der Waals surface area (Å²) >= 11 is 0. The summed E-state index contributed by atoms with van der Waals surface area (Å²) in [5.41, 5.74) is 3.47. The van der Waals surface area contributed by atoms with Crippen LogP contribution < -0.4 is 10.1 Å². The topological polar surface area (TPSA) is 83.1 Å². The Labute approximate surface area is 170 Å². The molecule has 1 aliphatic heterocycles. The second kappa shape index (κ2) is 8.34. The Kier molecular flexibility index (Phi) is 5.46. The lowest BCUT2D eigenvalue weighted by atomic mass is 9.96. The van der Waals surface area contributed by atoms with Crippen LogP contribution in [0.15, 0.2) is 48.8 Å². The summed E-state index contributed by atoms with van der Waals surface area (Å²) in [6, 6.07) is 11.2. The highest BCUT2D eigenvalue weighted by Gasteiger charge is 2.31. The smallest absolute Gasteiger partial charge is 0.258 e. The zero-order valence-corrected chi connectivity index (χ0v) is 16.7. The van der Waals surface area contributed by atoms with Gasteiger partial charge in [-0.3, -0.25) is 9.89 Å². The van der Waals surface area contributed by atoms with Crippen molar-refractivity contribution in [2.24, 2.45) is 0 Å². The molecule has 2 N–H and O–H groups in total. The van der Waals surface area contributed by atoms with Crippen LogP contribution in [0, 0.1) is 6.92 Å². The van der Waals surface area contributed by atoms with Gasteiger partial charge in [0.1, 0.15) is 11.6 Å². The first-order valence-corrected chi connectivity index (χ1v) is 9.84. The second-order valence-corrected chi connectivity index (χ2v) is 7.23. The normalized spacial score (nSPS) is 16.5. The van der Waals surface area contributed by atoms with Gasteiger partial charge in [-0.2, -0.15) is 5.10 Å². The molecule has 0 bridgehead atoms. The van der Waals surface area contributed by atoms with E-state index < -0.39 is 0 Å². The fraction of sp³-hybridized carbons (Fsp3) is 0.318. The number of H-pyrrole nitrogens is 1. The van der Waals surface area contributed by atoms with Crippen LogP contribution in [0.3, 0.4) is 0 Å². The molecular weight excluding hydrogens is 366 g/mol. The average molecular weight is 391 g/mol. The van der Waals surface area contributed by atoms with Crippen molar-refractivity contribution >= 4 is 17.4 Å². The molecule has 1 atom stereocenters. The predicted molar refractivity (Wildman–Crippen MR) is 111 cm³/mol. The Bertz CT molecular complexity index is 1000. The van der Waals surface area contributed by atoms with Crippen molar-refractivity contribution in [3.63, 3.8) is 0 Å². The number of likely N-dealkylation sites (tertiary alicyclic amines) is 1. The van der Waals surface area contributed by atoms with Gasteiger partial charge in [-0.25, -0.2) is 4.98 Å². The molecular formula is C22H25N5O2. The number of carbonyl (C=O) groups excluding carboxylic acids is 1. The Morgan fingerprint density at radius 1 is 1.28 bits per heavy atom. The number of amides is 1. The number of ether oxygens (including phenoxy) is 1. The van der Waals surface area contributed by atoms with Crippen molar-refractivity contribution in [1.29, 1.82) is 0 Å². The van der Waals surface area contributed by atoms with Gasteiger partial charge in [0.2, 0.25) is 0 Å². The summed E-state index contributed by atoms with van der Waals surface area (Å²) in [6.07, 6.45) is 6.51. The maximum atomic E-state index is 13.5. The number of rotatable bonds is 5. The van der Waals surface area contributed by atoms with Gasteiger partial charge in [-0.05, 0) is 56.0 Å². The molecule has 29 heavy (non-hydrogen) atoms. The van der Waals surface area contributed by atoms with Crippen LogP contribution in [-0.4, -0.2) is 39.6 Å². The quantitative estimate of drug-likeness (QED) is 0.680. The van der Waals surface area contributed by atoms with Crippen molar-refractivity contribution in [2.45, 2.75) is 32.2 Å². The van der Waals surface area contributed by atoms with E-state index >= 15 is 0 Å². The third kappa shape index (κ3) is 3.94. The highest BCUT2D eigenvalue weighted by Crippen LogP contribution is 2.33. The summed E-state index contributed by atoms with van der Waals surface area (Å²) < 4.78 is 5.29. The van der Waals surface area contributed by atoms with Crippen LogP contribution in [0.2, 0.25) is 0 Å². The number of nitrogens with one attached hydrogen (secondary N) is 2. The van der Waals surface area contributed by atoms with Crippen molar-refractivity contribution < 1.29 is 9.53 Å². The summed E-state index contributed by atoms with van der Waals surface area (Å²) in [7, 11) is 1.63. The molecule has 7 nitrogen and oxygen atoms in total. The molecule has 1 saturated heterocycles. The molecule has 4 rings (SSSR count). The zero-order chi connectivity index (χ0) is 20.2. The summed E-state index contributed by atoms with van der Waals surface area (Å²) in [6.45, 7) is 2.74. The van der Waals surface area contributed by atoms with E-state index in [2.05, 4.69) is 20.5 Å². The lowest BCUT2D eigenvalue weighted by molar-refractivity contribution is 0.0606. The van der Waals surface area contributed by atoms with E-state index in [1.807, 2.05) is 48.4 Å². The molecule has 3 aromatic rings. The van der Waals surface area contributed by atoms with E-state index in [4.69, 9.17) is 4.74 Å². The number of methoxy groups -OCH3 is 1. The number of hydrogen-bond donors (Lipinski definition) is 2. The Hall–Kier alpha value is -3.35. The number of aromatic nitrogens is 3. The van der Waals surface area contributed by atoms with Gasteiger partial charge < -0.3 is 15.0 Å². The molecule has 0 radical (unpaired) electrons. The third-order valence-corrected chi connectivity index (χ3v) is 5.34. The molecule has 0 unspecified atom stereocenters. The van der Waals surface area contributed by atoms with Crippen LogP contribution in [0.4, 0.5) is 11.5 Å². The predicted octanol–water partition coefficient (Wildman–Crippen LogP) is 4.23. The SMILES string of the molecule is COc1cccc(Nc2ncccc2C(=O)N2CCCC[C@H]2c2[nH]ncc2C)c1. The standard InChI is InChI=1S/C22H25N5O2/c1-15-14-24-26-20(15)19-10-3-4-12-27(19)22(28)18-9-6-11-23-21(18)25-16-7-5-8-17(13-16)29-2/h5-9,11,13-14,19H,3-4,10,12H2,1-2H3,(H,23,25)(H,24,26)/t19-/m0/s1. The largest absolute Gasteiger partial charge is 0.497 e. The summed E-state index contributed by atoms with van der Waals surface area (Å²) in [5, 5.41) is 10.5. The van der Waals surface area contributed by atoms with Gasteiger partial charge in [0.25, 0.3) is 5.91 Å². The number of piperidine rings is 1. The zero-order valence-electron chi connectivity index (χ0n) is 16.7. The molecule has 150 valence electrons. The highest BCUT2D eigenvalue weighted by molar-refractivity contribution is 5.99. The van der Waals surface area contributed by atoms with Crippen LogP contribution in [0.1, 0.15) is 46.9 Å². The number of aromatic amines is 1. The maximum absolute atomic E-state index is 13.5. The van der Waals surface area contributed by atoms with Gasteiger partial charge in [-0.1, -0.05) is 6.07 Å². The number of hydrogen-bond acceptors (Lipinski definition) is 5. The molecule has 1 amide bonds. The maximum Gasteiger partial charge on any atom is 0.258 e. The Balaban J connectivity index is 1.63.